The van der Waals surface area contributed by atoms with E-state index in [1.165, 1.54) is 37.7 Å². The van der Waals surface area contributed by atoms with Gasteiger partial charge in [-0.2, -0.15) is 0 Å². The van der Waals surface area contributed by atoms with Gasteiger partial charge in [0.1, 0.15) is 0 Å². The summed E-state index contributed by atoms with van der Waals surface area (Å²) in [6.45, 7) is 3.29. The van der Waals surface area contributed by atoms with Gasteiger partial charge in [0, 0.05) is 10.5 Å². The van der Waals surface area contributed by atoms with E-state index < -0.39 is 0 Å². The molecule has 1 aliphatic carbocycles. The van der Waals surface area contributed by atoms with E-state index >= 15 is 0 Å². The van der Waals surface area contributed by atoms with Crippen LogP contribution in [-0.2, 0) is 0 Å². The van der Waals surface area contributed by atoms with E-state index in [0.717, 1.165) is 22.0 Å². The average molecular weight is 331 g/mol. The maximum absolute atomic E-state index is 6.07. The number of rotatable bonds is 6. The standard InChI is InChI=1S/C15H21BrClN/c1-2-8-18-15(9-11-4-3-5-11)12-6-7-14(17)13(16)10-12/h6-7,10-11,15,18H,2-5,8-9H2,1H3. The Morgan fingerprint density at radius 1 is 1.44 bits per heavy atom. The number of nitrogens with one attached hydrogen (secondary N) is 1. The van der Waals surface area contributed by atoms with Crippen molar-refractivity contribution >= 4 is 27.5 Å². The summed E-state index contributed by atoms with van der Waals surface area (Å²) < 4.78 is 0.999. The van der Waals surface area contributed by atoms with Gasteiger partial charge in [-0.15, -0.1) is 0 Å². The molecule has 0 aliphatic heterocycles. The summed E-state index contributed by atoms with van der Waals surface area (Å²) in [7, 11) is 0. The molecule has 0 saturated heterocycles. The Hall–Kier alpha value is -0.0500. The molecule has 1 aromatic carbocycles. The minimum absolute atomic E-state index is 0.476. The third-order valence-electron chi connectivity index (χ3n) is 3.78. The van der Waals surface area contributed by atoms with E-state index in [2.05, 4.69) is 40.3 Å². The van der Waals surface area contributed by atoms with Crippen molar-refractivity contribution in [3.05, 3.63) is 33.3 Å². The third kappa shape index (κ3) is 3.72. The fourth-order valence-electron chi connectivity index (χ4n) is 2.45. The molecule has 1 saturated carbocycles. The minimum atomic E-state index is 0.476. The summed E-state index contributed by atoms with van der Waals surface area (Å²) in [4.78, 5) is 0. The topological polar surface area (TPSA) is 12.0 Å². The van der Waals surface area contributed by atoms with Crippen molar-refractivity contribution in [2.75, 3.05) is 6.54 Å². The molecule has 1 aromatic rings. The lowest BCUT2D eigenvalue weighted by molar-refractivity contribution is 0.261. The second-order valence-corrected chi connectivity index (χ2v) is 6.47. The molecule has 1 N–H and O–H groups in total. The summed E-state index contributed by atoms with van der Waals surface area (Å²) in [5, 5.41) is 4.46. The van der Waals surface area contributed by atoms with E-state index in [9.17, 15) is 0 Å². The first kappa shape index (κ1) is 14.4. The van der Waals surface area contributed by atoms with E-state index in [1.54, 1.807) is 0 Å². The molecule has 0 spiro atoms. The highest BCUT2D eigenvalue weighted by Crippen LogP contribution is 2.36. The van der Waals surface area contributed by atoms with Crippen LogP contribution in [0.1, 0.15) is 50.6 Å². The second kappa shape index (κ2) is 6.93. The molecule has 0 aromatic heterocycles. The Balaban J connectivity index is 2.07. The molecule has 1 atom stereocenters. The summed E-state index contributed by atoms with van der Waals surface area (Å²) in [5.74, 6) is 0.911. The molecular weight excluding hydrogens is 310 g/mol. The zero-order valence-electron chi connectivity index (χ0n) is 10.9. The van der Waals surface area contributed by atoms with E-state index in [0.29, 0.717) is 6.04 Å². The SMILES string of the molecule is CCCNC(CC1CCC1)c1ccc(Cl)c(Br)c1. The molecule has 3 heteroatoms. The molecule has 0 amide bonds. The van der Waals surface area contributed by atoms with Crippen molar-refractivity contribution in [1.82, 2.24) is 5.32 Å². The Morgan fingerprint density at radius 3 is 2.78 bits per heavy atom. The Kier molecular flexibility index (Phi) is 5.53. The van der Waals surface area contributed by atoms with Crippen molar-refractivity contribution in [3.8, 4) is 0 Å². The lowest BCUT2D eigenvalue weighted by atomic mass is 9.79. The summed E-state index contributed by atoms with van der Waals surface area (Å²) >= 11 is 9.59. The van der Waals surface area contributed by atoms with E-state index in [4.69, 9.17) is 11.6 Å². The summed E-state index contributed by atoms with van der Waals surface area (Å²) in [6.07, 6.45) is 6.65. The monoisotopic (exact) mass is 329 g/mol. The zero-order chi connectivity index (χ0) is 13.0. The first-order valence-corrected chi connectivity index (χ1v) is 8.06. The molecule has 0 heterocycles. The van der Waals surface area contributed by atoms with Crippen LogP contribution >= 0.6 is 27.5 Å². The van der Waals surface area contributed by atoms with Gasteiger partial charge >= 0.3 is 0 Å². The van der Waals surface area contributed by atoms with Gasteiger partial charge in [0.05, 0.1) is 5.02 Å². The fourth-order valence-corrected chi connectivity index (χ4v) is 2.96. The first-order chi connectivity index (χ1) is 8.70. The average Bonchev–Trinajstić information content (AvgIpc) is 2.31. The lowest BCUT2D eigenvalue weighted by Crippen LogP contribution is -2.26. The van der Waals surface area contributed by atoms with Crippen LogP contribution in [0.2, 0.25) is 5.02 Å². The van der Waals surface area contributed by atoms with Crippen LogP contribution in [0.3, 0.4) is 0 Å². The van der Waals surface area contributed by atoms with Gasteiger partial charge in [-0.3, -0.25) is 0 Å². The summed E-state index contributed by atoms with van der Waals surface area (Å²) in [6, 6.07) is 6.78. The van der Waals surface area contributed by atoms with Gasteiger partial charge in [-0.1, -0.05) is 43.9 Å². The predicted octanol–water partition coefficient (Wildman–Crippen LogP) is 5.33. The fraction of sp³-hybridized carbons (Fsp3) is 0.600. The first-order valence-electron chi connectivity index (χ1n) is 6.89. The highest BCUT2D eigenvalue weighted by molar-refractivity contribution is 9.10. The smallest absolute Gasteiger partial charge is 0.0548 e. The van der Waals surface area contributed by atoms with Crippen LogP contribution in [0, 0.1) is 5.92 Å². The van der Waals surface area contributed by atoms with Crippen LogP contribution in [0.15, 0.2) is 22.7 Å². The highest BCUT2D eigenvalue weighted by Gasteiger charge is 2.23. The Morgan fingerprint density at radius 2 is 2.22 bits per heavy atom. The van der Waals surface area contributed by atoms with Crippen molar-refractivity contribution in [1.29, 1.82) is 0 Å². The van der Waals surface area contributed by atoms with Crippen LogP contribution < -0.4 is 5.32 Å². The number of hydrogen-bond acceptors (Lipinski definition) is 1. The van der Waals surface area contributed by atoms with Gasteiger partial charge in [0.25, 0.3) is 0 Å². The van der Waals surface area contributed by atoms with Gasteiger partial charge in [-0.25, -0.2) is 0 Å². The largest absolute Gasteiger partial charge is 0.310 e. The molecule has 100 valence electrons. The highest BCUT2D eigenvalue weighted by atomic mass is 79.9. The second-order valence-electron chi connectivity index (χ2n) is 5.21. The molecule has 1 unspecified atom stereocenters. The molecule has 0 radical (unpaired) electrons. The van der Waals surface area contributed by atoms with Gasteiger partial charge < -0.3 is 5.32 Å². The number of benzene rings is 1. The number of hydrogen-bond donors (Lipinski definition) is 1. The third-order valence-corrected chi connectivity index (χ3v) is 4.99. The molecule has 0 bridgehead atoms. The molecule has 18 heavy (non-hydrogen) atoms. The van der Waals surface area contributed by atoms with E-state index in [1.807, 2.05) is 6.07 Å². The molecule has 2 rings (SSSR count). The van der Waals surface area contributed by atoms with Crippen LogP contribution in [0.4, 0.5) is 0 Å². The van der Waals surface area contributed by atoms with Crippen molar-refractivity contribution in [2.45, 2.75) is 45.1 Å². The molecular formula is C15H21BrClN. The van der Waals surface area contributed by atoms with Crippen LogP contribution in [0.25, 0.3) is 0 Å². The lowest BCUT2D eigenvalue weighted by Gasteiger charge is -2.30. The molecule has 1 aliphatic rings. The maximum atomic E-state index is 6.07. The van der Waals surface area contributed by atoms with Gasteiger partial charge in [0.15, 0.2) is 0 Å². The van der Waals surface area contributed by atoms with Crippen molar-refractivity contribution in [2.24, 2.45) is 5.92 Å². The van der Waals surface area contributed by atoms with Crippen LogP contribution in [-0.4, -0.2) is 6.54 Å². The van der Waals surface area contributed by atoms with Crippen molar-refractivity contribution < 1.29 is 0 Å². The predicted molar refractivity (Wildman–Crippen MR) is 82.1 cm³/mol. The van der Waals surface area contributed by atoms with Crippen LogP contribution in [0.5, 0.6) is 0 Å². The number of halogens is 2. The quantitative estimate of drug-likeness (QED) is 0.743. The Bertz CT molecular complexity index is 390. The minimum Gasteiger partial charge on any atom is -0.310 e. The zero-order valence-corrected chi connectivity index (χ0v) is 13.2. The van der Waals surface area contributed by atoms with Crippen molar-refractivity contribution in [3.63, 3.8) is 0 Å². The summed E-state index contributed by atoms with van der Waals surface area (Å²) in [5.41, 5.74) is 1.35. The maximum Gasteiger partial charge on any atom is 0.0548 e. The van der Waals surface area contributed by atoms with Gasteiger partial charge in [0.2, 0.25) is 0 Å². The molecule has 1 fully saturated rings. The van der Waals surface area contributed by atoms with E-state index in [-0.39, 0.29) is 0 Å². The Labute approximate surface area is 123 Å². The normalized spacial score (nSPS) is 17.5. The molecule has 1 nitrogen and oxygen atoms in total. The van der Waals surface area contributed by atoms with Gasteiger partial charge in [-0.05, 0) is 58.9 Å².